The first-order chi connectivity index (χ1) is 11.7. The maximum absolute atomic E-state index is 12.9. The Balaban J connectivity index is 1.95. The van der Waals surface area contributed by atoms with Gasteiger partial charge in [-0.25, -0.2) is 0 Å². The van der Waals surface area contributed by atoms with Gasteiger partial charge in [-0.3, -0.25) is 4.79 Å². The van der Waals surface area contributed by atoms with E-state index in [1.165, 1.54) is 14.2 Å². The number of epoxide rings is 1. The van der Waals surface area contributed by atoms with Crippen molar-refractivity contribution in [2.24, 2.45) is 0 Å². The van der Waals surface area contributed by atoms with Crippen LogP contribution in [-0.4, -0.2) is 33.5 Å². The van der Waals surface area contributed by atoms with E-state index in [1.807, 2.05) is 0 Å². The lowest BCUT2D eigenvalue weighted by atomic mass is 10.1. The van der Waals surface area contributed by atoms with Gasteiger partial charge < -0.3 is 23.4 Å². The highest BCUT2D eigenvalue weighted by atomic mass is 16.6. The van der Waals surface area contributed by atoms with E-state index in [0.29, 0.717) is 52.4 Å². The largest absolute Gasteiger partial charge is 0.496 e. The van der Waals surface area contributed by atoms with Gasteiger partial charge >= 0.3 is 0 Å². The maximum atomic E-state index is 12.9. The minimum Gasteiger partial charge on any atom is -0.496 e. The molecule has 4 rings (SSSR count). The average Bonchev–Trinajstić information content (AvgIpc) is 3.43. The van der Waals surface area contributed by atoms with E-state index in [2.05, 4.69) is 0 Å². The molecule has 1 aliphatic heterocycles. The average molecular weight is 328 g/mol. The third-order valence-electron chi connectivity index (χ3n) is 3.98. The van der Waals surface area contributed by atoms with Crippen molar-refractivity contribution >= 4 is 21.9 Å². The van der Waals surface area contributed by atoms with E-state index in [1.54, 1.807) is 30.3 Å². The lowest BCUT2D eigenvalue weighted by Gasteiger charge is -2.11. The number of hydrogen-bond acceptors (Lipinski definition) is 6. The molecule has 1 aromatic heterocycles. The highest BCUT2D eigenvalue weighted by molar-refractivity contribution is 5.95. The first-order valence-electron chi connectivity index (χ1n) is 7.57. The molecule has 6 nitrogen and oxygen atoms in total. The van der Waals surface area contributed by atoms with Crippen molar-refractivity contribution in [3.63, 3.8) is 0 Å². The summed E-state index contributed by atoms with van der Waals surface area (Å²) in [7, 11) is 3.05. The Labute approximate surface area is 137 Å². The Kier molecular flexibility index (Phi) is 3.54. The van der Waals surface area contributed by atoms with Crippen molar-refractivity contribution in [3.8, 4) is 17.2 Å². The van der Waals surface area contributed by atoms with Crippen molar-refractivity contribution in [1.82, 2.24) is 0 Å². The van der Waals surface area contributed by atoms with Crippen LogP contribution in [0.5, 0.6) is 17.2 Å². The van der Waals surface area contributed by atoms with Crippen LogP contribution in [-0.2, 0) is 4.74 Å². The highest BCUT2D eigenvalue weighted by Crippen LogP contribution is 2.34. The van der Waals surface area contributed by atoms with Crippen molar-refractivity contribution in [3.05, 3.63) is 40.6 Å². The van der Waals surface area contributed by atoms with Crippen LogP contribution >= 0.6 is 0 Å². The summed E-state index contributed by atoms with van der Waals surface area (Å²) in [5.74, 6) is 1.48. The number of ether oxygens (including phenoxy) is 4. The predicted molar refractivity (Wildman–Crippen MR) is 88.3 cm³/mol. The Bertz CT molecular complexity index is 971. The van der Waals surface area contributed by atoms with Crippen LogP contribution in [0.4, 0.5) is 0 Å². The van der Waals surface area contributed by atoms with E-state index < -0.39 is 0 Å². The smallest absolute Gasteiger partial charge is 0.204 e. The quantitative estimate of drug-likeness (QED) is 0.530. The van der Waals surface area contributed by atoms with Gasteiger partial charge in [0.05, 0.1) is 26.2 Å². The first-order valence-corrected chi connectivity index (χ1v) is 7.57. The summed E-state index contributed by atoms with van der Waals surface area (Å²) in [6.07, 6.45) is 0.135. The molecule has 1 unspecified atom stereocenters. The minimum absolute atomic E-state index is 0.135. The zero-order valence-corrected chi connectivity index (χ0v) is 13.3. The summed E-state index contributed by atoms with van der Waals surface area (Å²) in [4.78, 5) is 12.9. The van der Waals surface area contributed by atoms with Gasteiger partial charge in [0, 0.05) is 12.1 Å². The second-order valence-electron chi connectivity index (χ2n) is 5.53. The number of hydrogen-bond donors (Lipinski definition) is 0. The number of rotatable bonds is 5. The molecule has 1 saturated heterocycles. The Morgan fingerprint density at radius 3 is 2.67 bits per heavy atom. The van der Waals surface area contributed by atoms with Gasteiger partial charge in [0.15, 0.2) is 11.3 Å². The fourth-order valence-corrected chi connectivity index (χ4v) is 2.67. The molecule has 0 N–H and O–H groups in total. The molecule has 6 heteroatoms. The highest BCUT2D eigenvalue weighted by Gasteiger charge is 2.24. The summed E-state index contributed by atoms with van der Waals surface area (Å²) in [5.41, 5.74) is 0.629. The van der Waals surface area contributed by atoms with Crippen LogP contribution in [0.25, 0.3) is 21.9 Å². The standard InChI is InChI=1S/C18H16O6/c1-20-13-5-3-4-12-17(19)16-14(21-2)6-10(22-8-11-9-23-11)7-15(16)24-18(12)13/h3-7,11H,8-9H2,1-2H3. The maximum Gasteiger partial charge on any atom is 0.204 e. The zero-order chi connectivity index (χ0) is 16.7. The topological polar surface area (TPSA) is 70.4 Å². The van der Waals surface area contributed by atoms with E-state index in [9.17, 15) is 4.79 Å². The molecule has 1 aliphatic rings. The predicted octanol–water partition coefficient (Wildman–Crippen LogP) is 2.74. The van der Waals surface area contributed by atoms with Crippen molar-refractivity contribution in [2.45, 2.75) is 6.10 Å². The van der Waals surface area contributed by atoms with E-state index in [0.717, 1.165) is 0 Å². The molecule has 0 aliphatic carbocycles. The molecule has 2 heterocycles. The molecule has 0 amide bonds. The summed E-state index contributed by atoms with van der Waals surface area (Å²) < 4.78 is 27.4. The van der Waals surface area contributed by atoms with E-state index in [-0.39, 0.29) is 11.5 Å². The molecule has 0 bridgehead atoms. The molecule has 0 spiro atoms. The van der Waals surface area contributed by atoms with Gasteiger partial charge in [-0.1, -0.05) is 6.07 Å². The van der Waals surface area contributed by atoms with Crippen LogP contribution in [0, 0.1) is 0 Å². The lowest BCUT2D eigenvalue weighted by molar-refractivity contribution is 0.262. The van der Waals surface area contributed by atoms with Gasteiger partial charge in [-0.15, -0.1) is 0 Å². The molecular formula is C18H16O6. The van der Waals surface area contributed by atoms with Crippen LogP contribution in [0.1, 0.15) is 0 Å². The van der Waals surface area contributed by atoms with Gasteiger partial charge in [0.2, 0.25) is 5.43 Å². The Morgan fingerprint density at radius 1 is 1.17 bits per heavy atom. The number of para-hydroxylation sites is 1. The van der Waals surface area contributed by atoms with Gasteiger partial charge in [0.1, 0.15) is 35.2 Å². The Hall–Kier alpha value is -2.73. The first kappa shape index (κ1) is 14.8. The third kappa shape index (κ3) is 2.45. The van der Waals surface area contributed by atoms with Crippen molar-refractivity contribution in [1.29, 1.82) is 0 Å². The van der Waals surface area contributed by atoms with Crippen molar-refractivity contribution in [2.75, 3.05) is 27.4 Å². The summed E-state index contributed by atoms with van der Waals surface area (Å²) in [5, 5.41) is 0.827. The molecule has 1 fully saturated rings. The fourth-order valence-electron chi connectivity index (χ4n) is 2.67. The van der Waals surface area contributed by atoms with Crippen LogP contribution in [0.15, 0.2) is 39.5 Å². The second-order valence-corrected chi connectivity index (χ2v) is 5.53. The molecule has 0 radical (unpaired) electrons. The number of benzene rings is 2. The fraction of sp³-hybridized carbons (Fsp3) is 0.278. The SMILES string of the molecule is COc1cccc2c(=O)c3c(OC)cc(OCC4CO4)cc3oc12. The third-order valence-corrected chi connectivity index (χ3v) is 3.98. The molecular weight excluding hydrogens is 312 g/mol. The lowest BCUT2D eigenvalue weighted by Crippen LogP contribution is -2.07. The zero-order valence-electron chi connectivity index (χ0n) is 13.3. The van der Waals surface area contributed by atoms with Crippen LogP contribution in [0.2, 0.25) is 0 Å². The van der Waals surface area contributed by atoms with Gasteiger partial charge in [-0.05, 0) is 12.1 Å². The van der Waals surface area contributed by atoms with Crippen molar-refractivity contribution < 1.29 is 23.4 Å². The monoisotopic (exact) mass is 328 g/mol. The van der Waals surface area contributed by atoms with Gasteiger partial charge in [-0.2, -0.15) is 0 Å². The number of methoxy groups -OCH3 is 2. The Morgan fingerprint density at radius 2 is 1.96 bits per heavy atom. The minimum atomic E-state index is -0.168. The second kappa shape index (κ2) is 5.72. The number of fused-ring (bicyclic) bond motifs is 2. The summed E-state index contributed by atoms with van der Waals surface area (Å²) in [6.45, 7) is 1.16. The molecule has 3 aromatic rings. The molecule has 124 valence electrons. The molecule has 0 saturated carbocycles. The van der Waals surface area contributed by atoms with E-state index >= 15 is 0 Å². The summed E-state index contributed by atoms with van der Waals surface area (Å²) >= 11 is 0. The molecule has 24 heavy (non-hydrogen) atoms. The van der Waals surface area contributed by atoms with Crippen LogP contribution < -0.4 is 19.6 Å². The van der Waals surface area contributed by atoms with Crippen LogP contribution in [0.3, 0.4) is 0 Å². The molecule has 1 atom stereocenters. The van der Waals surface area contributed by atoms with Gasteiger partial charge in [0.25, 0.3) is 0 Å². The molecule has 2 aromatic carbocycles. The normalized spacial score (nSPS) is 16.3. The van der Waals surface area contributed by atoms with E-state index in [4.69, 9.17) is 23.4 Å². The summed E-state index contributed by atoms with van der Waals surface area (Å²) in [6, 6.07) is 8.58.